The van der Waals surface area contributed by atoms with E-state index in [1.54, 1.807) is 12.1 Å². The first-order valence-corrected chi connectivity index (χ1v) is 10.2. The number of phenols is 1. The van der Waals surface area contributed by atoms with Crippen molar-refractivity contribution in [1.82, 2.24) is 4.90 Å². The third-order valence-electron chi connectivity index (χ3n) is 4.65. The van der Waals surface area contributed by atoms with Gasteiger partial charge in [0.25, 0.3) is 0 Å². The number of halogens is 4. The largest absolute Gasteiger partial charge is 0.506 e. The molecule has 1 amide bonds. The Bertz CT molecular complexity index is 929. The zero-order valence-electron chi connectivity index (χ0n) is 17.3. The molecule has 0 saturated carbocycles. The molecule has 0 aliphatic carbocycles. The van der Waals surface area contributed by atoms with E-state index in [1.807, 2.05) is 0 Å². The number of benzene rings is 2. The highest BCUT2D eigenvalue weighted by Crippen LogP contribution is 2.32. The average molecular weight is 456 g/mol. The summed E-state index contributed by atoms with van der Waals surface area (Å²) in [5.74, 6) is -0.523. The lowest BCUT2D eigenvalue weighted by Crippen LogP contribution is -2.28. The Labute approximate surface area is 184 Å². The average Bonchev–Trinajstić information content (AvgIpc) is 2.71. The van der Waals surface area contributed by atoms with Gasteiger partial charge in [-0.1, -0.05) is 31.5 Å². The number of hydrogen-bond acceptors (Lipinski definition) is 4. The van der Waals surface area contributed by atoms with Gasteiger partial charge in [0.05, 0.1) is 11.3 Å². The number of anilines is 2. The number of phenolic OH excluding ortho intramolecular Hbond substituents is 1. The number of aromatic hydroxyl groups is 1. The van der Waals surface area contributed by atoms with Gasteiger partial charge in [-0.05, 0) is 49.0 Å². The molecule has 0 fully saturated rings. The second-order valence-electron chi connectivity index (χ2n) is 6.74. The second kappa shape index (κ2) is 11.1. The molecule has 2 aromatic rings. The van der Waals surface area contributed by atoms with Crippen LogP contribution < -0.4 is 10.6 Å². The third-order valence-corrected chi connectivity index (χ3v) is 4.97. The van der Waals surface area contributed by atoms with Crippen LogP contribution in [0.15, 0.2) is 42.5 Å². The Balaban J connectivity index is 1.96. The van der Waals surface area contributed by atoms with Crippen LogP contribution in [0, 0.1) is 0 Å². The lowest BCUT2D eigenvalue weighted by Gasteiger charge is -2.18. The fourth-order valence-corrected chi connectivity index (χ4v) is 3.08. The molecule has 2 aromatic carbocycles. The molecule has 0 bridgehead atoms. The molecule has 9 heteroatoms. The summed E-state index contributed by atoms with van der Waals surface area (Å²) in [5.41, 5.74) is 0.345. The number of carbonyl (C=O) groups excluding carboxylic acids is 1. The first-order chi connectivity index (χ1) is 14.6. The first kappa shape index (κ1) is 24.6. The Morgan fingerprint density at radius 2 is 1.87 bits per heavy atom. The summed E-state index contributed by atoms with van der Waals surface area (Å²) < 4.78 is 38.1. The summed E-state index contributed by atoms with van der Waals surface area (Å²) >= 11 is 5.87. The van der Waals surface area contributed by atoms with Crippen molar-refractivity contribution >= 4 is 35.0 Å². The van der Waals surface area contributed by atoms with Crippen LogP contribution >= 0.6 is 11.6 Å². The normalized spacial score (nSPS) is 11.8. The fraction of sp³-hybridized carbons (Fsp3) is 0.318. The molecule has 0 atom stereocenters. The van der Waals surface area contributed by atoms with Gasteiger partial charge in [-0.3, -0.25) is 4.79 Å². The molecule has 0 aliphatic rings. The van der Waals surface area contributed by atoms with Crippen LogP contribution in [0.1, 0.15) is 25.0 Å². The van der Waals surface area contributed by atoms with Gasteiger partial charge in [-0.2, -0.15) is 13.2 Å². The zero-order chi connectivity index (χ0) is 23.0. The van der Waals surface area contributed by atoms with Crippen LogP contribution in [0.2, 0.25) is 5.02 Å². The lowest BCUT2D eigenvalue weighted by molar-refractivity contribution is -0.137. The maximum Gasteiger partial charge on any atom is 0.416 e. The topological polar surface area (TPSA) is 64.6 Å². The van der Waals surface area contributed by atoms with Crippen LogP contribution in [0.4, 0.5) is 24.5 Å². The van der Waals surface area contributed by atoms with Gasteiger partial charge in [0, 0.05) is 35.9 Å². The van der Waals surface area contributed by atoms with Crippen molar-refractivity contribution in [2.75, 3.05) is 36.8 Å². The molecule has 0 spiro atoms. The van der Waals surface area contributed by atoms with Gasteiger partial charge in [-0.25, -0.2) is 0 Å². The number of amides is 1. The van der Waals surface area contributed by atoms with E-state index in [1.165, 1.54) is 18.2 Å². The Hall–Kier alpha value is -2.71. The SMILES string of the molecule is CCN(CC)CCNc1ccc(NC(=O)/C=C/c2ccc(C(F)(F)F)cc2Cl)cc1O. The van der Waals surface area contributed by atoms with Crippen LogP contribution in [-0.4, -0.2) is 42.1 Å². The van der Waals surface area contributed by atoms with Crippen molar-refractivity contribution in [1.29, 1.82) is 0 Å². The standard InChI is InChI=1S/C22H25ClF3N3O2/c1-3-29(4-2)12-11-27-19-9-8-17(14-20(19)30)28-21(31)10-6-15-5-7-16(13-18(15)23)22(24,25)26/h5-10,13-14,27,30H,3-4,11-12H2,1-2H3,(H,28,31)/b10-6+. The van der Waals surface area contributed by atoms with Gasteiger partial charge in [-0.15, -0.1) is 0 Å². The molecular formula is C22H25ClF3N3O2. The summed E-state index contributed by atoms with van der Waals surface area (Å²) in [6, 6.07) is 7.60. The summed E-state index contributed by atoms with van der Waals surface area (Å²) in [4.78, 5) is 14.4. The quantitative estimate of drug-likeness (QED) is 0.346. The van der Waals surface area contributed by atoms with Crippen LogP contribution in [0.25, 0.3) is 6.08 Å². The molecule has 0 aromatic heterocycles. The number of carbonyl (C=O) groups is 1. The molecule has 0 saturated heterocycles. The second-order valence-corrected chi connectivity index (χ2v) is 7.15. The highest BCUT2D eigenvalue weighted by molar-refractivity contribution is 6.32. The summed E-state index contributed by atoms with van der Waals surface area (Å²) in [7, 11) is 0. The number of rotatable bonds is 9. The molecule has 2 rings (SSSR count). The molecule has 0 unspecified atom stereocenters. The number of hydrogen-bond donors (Lipinski definition) is 3. The zero-order valence-corrected chi connectivity index (χ0v) is 18.0. The molecule has 0 aliphatic heterocycles. The van der Waals surface area contributed by atoms with Gasteiger partial charge in [0.2, 0.25) is 5.91 Å². The minimum Gasteiger partial charge on any atom is -0.506 e. The van der Waals surface area contributed by atoms with E-state index in [9.17, 15) is 23.1 Å². The first-order valence-electron chi connectivity index (χ1n) is 9.79. The van der Waals surface area contributed by atoms with E-state index in [4.69, 9.17) is 11.6 Å². The maximum atomic E-state index is 12.7. The van der Waals surface area contributed by atoms with Gasteiger partial charge in [0.1, 0.15) is 5.75 Å². The van der Waals surface area contributed by atoms with Crippen molar-refractivity contribution in [3.05, 3.63) is 58.6 Å². The van der Waals surface area contributed by atoms with Crippen molar-refractivity contribution < 1.29 is 23.1 Å². The molecule has 0 heterocycles. The number of alkyl halides is 3. The minimum atomic E-state index is -4.49. The molecule has 31 heavy (non-hydrogen) atoms. The summed E-state index contributed by atoms with van der Waals surface area (Å²) in [6.07, 6.45) is -2.01. The van der Waals surface area contributed by atoms with E-state index in [0.29, 0.717) is 17.9 Å². The van der Waals surface area contributed by atoms with E-state index < -0.39 is 17.6 Å². The highest BCUT2D eigenvalue weighted by Gasteiger charge is 2.30. The van der Waals surface area contributed by atoms with E-state index in [0.717, 1.165) is 37.8 Å². The van der Waals surface area contributed by atoms with Gasteiger partial charge < -0.3 is 20.6 Å². The summed E-state index contributed by atoms with van der Waals surface area (Å²) in [5, 5.41) is 15.8. The van der Waals surface area contributed by atoms with Crippen LogP contribution in [0.5, 0.6) is 5.75 Å². The Kier molecular flexibility index (Phi) is 8.76. The molecule has 0 radical (unpaired) electrons. The van der Waals surface area contributed by atoms with Crippen LogP contribution in [0.3, 0.4) is 0 Å². The predicted octanol–water partition coefficient (Wildman–Crippen LogP) is 5.47. The van der Waals surface area contributed by atoms with Crippen LogP contribution in [-0.2, 0) is 11.0 Å². The van der Waals surface area contributed by atoms with Crippen molar-refractivity contribution in [2.45, 2.75) is 20.0 Å². The highest BCUT2D eigenvalue weighted by atomic mass is 35.5. The number of nitrogens with zero attached hydrogens (tertiary/aromatic N) is 1. The molecular weight excluding hydrogens is 431 g/mol. The smallest absolute Gasteiger partial charge is 0.416 e. The third kappa shape index (κ3) is 7.48. The Morgan fingerprint density at radius 1 is 1.16 bits per heavy atom. The van der Waals surface area contributed by atoms with E-state index in [-0.39, 0.29) is 16.3 Å². The number of nitrogens with one attached hydrogen (secondary N) is 2. The van der Waals surface area contributed by atoms with Crippen molar-refractivity contribution in [3.8, 4) is 5.75 Å². The van der Waals surface area contributed by atoms with Gasteiger partial charge >= 0.3 is 6.18 Å². The molecule has 5 nitrogen and oxygen atoms in total. The minimum absolute atomic E-state index is 0.00731. The molecule has 168 valence electrons. The number of likely N-dealkylation sites (N-methyl/N-ethyl adjacent to an activating group) is 1. The summed E-state index contributed by atoms with van der Waals surface area (Å²) in [6.45, 7) is 7.55. The van der Waals surface area contributed by atoms with Crippen molar-refractivity contribution in [3.63, 3.8) is 0 Å². The predicted molar refractivity (Wildman–Crippen MR) is 119 cm³/mol. The fourth-order valence-electron chi connectivity index (χ4n) is 2.84. The van der Waals surface area contributed by atoms with E-state index >= 15 is 0 Å². The monoisotopic (exact) mass is 455 g/mol. The van der Waals surface area contributed by atoms with E-state index in [2.05, 4.69) is 29.4 Å². The molecule has 3 N–H and O–H groups in total. The maximum absolute atomic E-state index is 12.7. The van der Waals surface area contributed by atoms with Crippen molar-refractivity contribution in [2.24, 2.45) is 0 Å². The van der Waals surface area contributed by atoms with Gasteiger partial charge in [0.15, 0.2) is 0 Å². The Morgan fingerprint density at radius 3 is 2.45 bits per heavy atom. The lowest BCUT2D eigenvalue weighted by atomic mass is 10.1.